The van der Waals surface area contributed by atoms with Crippen molar-refractivity contribution in [3.8, 4) is 0 Å². The third-order valence-electron chi connectivity index (χ3n) is 5.05. The van der Waals surface area contributed by atoms with Crippen LogP contribution in [0.4, 0.5) is 5.82 Å². The summed E-state index contributed by atoms with van der Waals surface area (Å²) >= 11 is 1.65. The number of rotatable bonds is 7. The van der Waals surface area contributed by atoms with Gasteiger partial charge < -0.3 is 15.0 Å². The van der Waals surface area contributed by atoms with Crippen LogP contribution in [0.15, 0.2) is 47.9 Å². The zero-order valence-electron chi connectivity index (χ0n) is 15.6. The number of anilines is 1. The van der Waals surface area contributed by atoms with Crippen molar-refractivity contribution in [2.75, 3.05) is 12.3 Å². The highest BCUT2D eigenvalue weighted by molar-refractivity contribution is 8.01. The number of carbonyl (C=O) groups excluding carboxylic acids is 1. The van der Waals surface area contributed by atoms with Gasteiger partial charge in [0.25, 0.3) is 0 Å². The second kappa shape index (κ2) is 8.18. The highest BCUT2D eigenvalue weighted by atomic mass is 32.2. The Hall–Kier alpha value is -2.61. The van der Waals surface area contributed by atoms with Gasteiger partial charge in [-0.3, -0.25) is 4.79 Å². The molecule has 0 aliphatic heterocycles. The number of nitrogen functional groups attached to an aromatic ring is 1. The Kier molecular flexibility index (Phi) is 5.47. The average molecular weight is 398 g/mol. The molecule has 0 spiro atoms. The van der Waals surface area contributed by atoms with Gasteiger partial charge in [0, 0.05) is 11.4 Å². The lowest BCUT2D eigenvalue weighted by molar-refractivity contribution is -0.146. The van der Waals surface area contributed by atoms with E-state index in [0.717, 1.165) is 30.6 Å². The summed E-state index contributed by atoms with van der Waals surface area (Å²) in [5.41, 5.74) is 7.11. The third-order valence-corrected chi connectivity index (χ3v) is 6.52. The molecule has 7 nitrogen and oxygen atoms in total. The number of ether oxygens (including phenoxy) is 1. The number of benzene rings is 1. The highest BCUT2D eigenvalue weighted by Gasteiger charge is 2.43. The predicted molar refractivity (Wildman–Crippen MR) is 109 cm³/mol. The van der Waals surface area contributed by atoms with Crippen LogP contribution in [-0.4, -0.2) is 36.8 Å². The number of imidazole rings is 1. The Bertz CT molecular complexity index is 954. The Labute approximate surface area is 167 Å². The van der Waals surface area contributed by atoms with Gasteiger partial charge in [0.05, 0.1) is 12.9 Å². The number of thioether (sulfide) groups is 1. The van der Waals surface area contributed by atoms with Crippen LogP contribution in [-0.2, 0) is 16.1 Å². The van der Waals surface area contributed by atoms with Gasteiger partial charge >= 0.3 is 5.97 Å². The monoisotopic (exact) mass is 397 g/mol. The summed E-state index contributed by atoms with van der Waals surface area (Å²) in [6.45, 7) is 1.02. The van der Waals surface area contributed by atoms with E-state index < -0.39 is 4.75 Å². The van der Waals surface area contributed by atoms with Gasteiger partial charge in [-0.2, -0.15) is 0 Å². The molecule has 8 heteroatoms. The maximum Gasteiger partial charge on any atom is 0.322 e. The van der Waals surface area contributed by atoms with Crippen LogP contribution in [0, 0.1) is 0 Å². The van der Waals surface area contributed by atoms with E-state index in [4.69, 9.17) is 10.5 Å². The quantitative estimate of drug-likeness (QED) is 0.482. The maximum atomic E-state index is 12.9. The molecule has 28 heavy (non-hydrogen) atoms. The first-order valence-electron chi connectivity index (χ1n) is 9.51. The normalized spacial score (nSPS) is 15.7. The molecule has 2 aromatic heterocycles. The summed E-state index contributed by atoms with van der Waals surface area (Å²) < 4.78 is 7.14. The zero-order chi connectivity index (χ0) is 19.4. The molecule has 0 saturated heterocycles. The van der Waals surface area contributed by atoms with E-state index in [1.165, 1.54) is 6.33 Å². The first-order chi connectivity index (χ1) is 13.7. The van der Waals surface area contributed by atoms with Crippen molar-refractivity contribution >= 4 is 34.7 Å². The van der Waals surface area contributed by atoms with Gasteiger partial charge in [-0.15, -0.1) is 11.8 Å². The minimum absolute atomic E-state index is 0.0964. The molecule has 0 atom stereocenters. The van der Waals surface area contributed by atoms with Gasteiger partial charge in [-0.1, -0.05) is 31.0 Å². The van der Waals surface area contributed by atoms with Crippen LogP contribution >= 0.6 is 11.8 Å². The molecule has 2 N–H and O–H groups in total. The number of carbonyl (C=O) groups is 1. The maximum absolute atomic E-state index is 12.9. The summed E-state index contributed by atoms with van der Waals surface area (Å²) in [6, 6.07) is 10.1. The van der Waals surface area contributed by atoms with Crippen molar-refractivity contribution in [2.45, 2.75) is 48.3 Å². The van der Waals surface area contributed by atoms with Crippen LogP contribution in [0.3, 0.4) is 0 Å². The van der Waals surface area contributed by atoms with Crippen molar-refractivity contribution in [3.05, 3.63) is 43.0 Å². The standard InChI is InChI=1S/C20H23N5O2S/c21-17-16-18(23-13-22-17)25(14-24-16)11-6-12-27-19(26)20(9-4-5-10-20)28-15-7-2-1-3-8-15/h1-3,7-8,13-14H,4-6,9-12H2,(H2,21,22,23). The van der Waals surface area contributed by atoms with Gasteiger partial charge in [0.2, 0.25) is 0 Å². The minimum atomic E-state index is -0.454. The fourth-order valence-corrected chi connectivity index (χ4v) is 4.98. The molecule has 146 valence electrons. The molecule has 1 saturated carbocycles. The Morgan fingerprint density at radius 1 is 1.18 bits per heavy atom. The van der Waals surface area contributed by atoms with Gasteiger partial charge in [-0.25, -0.2) is 15.0 Å². The fourth-order valence-electron chi connectivity index (χ4n) is 3.60. The average Bonchev–Trinajstić information content (AvgIpc) is 3.35. The number of aromatic nitrogens is 4. The lowest BCUT2D eigenvalue weighted by Crippen LogP contribution is -2.34. The van der Waals surface area contributed by atoms with Crippen molar-refractivity contribution < 1.29 is 9.53 Å². The number of nitrogens with two attached hydrogens (primary N) is 1. The van der Waals surface area contributed by atoms with E-state index in [2.05, 4.69) is 27.1 Å². The van der Waals surface area contributed by atoms with Crippen molar-refractivity contribution in [1.82, 2.24) is 19.5 Å². The van der Waals surface area contributed by atoms with E-state index in [9.17, 15) is 4.79 Å². The number of nitrogens with zero attached hydrogens (tertiary/aromatic N) is 4. The smallest absolute Gasteiger partial charge is 0.322 e. The second-order valence-electron chi connectivity index (χ2n) is 6.98. The van der Waals surface area contributed by atoms with Crippen LogP contribution in [0.1, 0.15) is 32.1 Å². The second-order valence-corrected chi connectivity index (χ2v) is 8.43. The SMILES string of the molecule is Nc1ncnc2c1ncn2CCCOC(=O)C1(Sc2ccccc2)CCCC1. The van der Waals surface area contributed by atoms with Crippen LogP contribution in [0.2, 0.25) is 0 Å². The van der Waals surface area contributed by atoms with Crippen molar-refractivity contribution in [1.29, 1.82) is 0 Å². The van der Waals surface area contributed by atoms with Crippen molar-refractivity contribution in [2.24, 2.45) is 0 Å². The lowest BCUT2D eigenvalue weighted by atomic mass is 10.1. The largest absolute Gasteiger partial charge is 0.465 e. The molecule has 0 radical (unpaired) electrons. The molecule has 1 fully saturated rings. The van der Waals surface area contributed by atoms with E-state index in [1.807, 2.05) is 22.8 Å². The van der Waals surface area contributed by atoms with Crippen molar-refractivity contribution in [3.63, 3.8) is 0 Å². The molecule has 0 amide bonds. The van der Waals surface area contributed by atoms with E-state index in [0.29, 0.717) is 36.6 Å². The molecule has 3 aromatic rings. The van der Waals surface area contributed by atoms with E-state index >= 15 is 0 Å². The Morgan fingerprint density at radius 3 is 2.75 bits per heavy atom. The Morgan fingerprint density at radius 2 is 1.96 bits per heavy atom. The van der Waals surface area contributed by atoms with Crippen LogP contribution in [0.25, 0.3) is 11.2 Å². The summed E-state index contributed by atoms with van der Waals surface area (Å²) in [5.74, 6) is 0.275. The lowest BCUT2D eigenvalue weighted by Gasteiger charge is -2.26. The first-order valence-corrected chi connectivity index (χ1v) is 10.3. The number of hydrogen-bond acceptors (Lipinski definition) is 7. The van der Waals surface area contributed by atoms with Crippen LogP contribution < -0.4 is 5.73 Å². The predicted octanol–water partition coefficient (Wildman–Crippen LogP) is 3.45. The highest BCUT2D eigenvalue weighted by Crippen LogP contribution is 2.46. The molecule has 0 bridgehead atoms. The summed E-state index contributed by atoms with van der Waals surface area (Å²) in [4.78, 5) is 26.4. The minimum Gasteiger partial charge on any atom is -0.465 e. The van der Waals surface area contributed by atoms with Crippen LogP contribution in [0.5, 0.6) is 0 Å². The number of hydrogen-bond donors (Lipinski definition) is 1. The van der Waals surface area contributed by atoms with Gasteiger partial charge in [0.1, 0.15) is 16.6 Å². The molecule has 1 aromatic carbocycles. The van der Waals surface area contributed by atoms with E-state index in [-0.39, 0.29) is 5.97 Å². The Balaban J connectivity index is 1.34. The van der Waals surface area contributed by atoms with E-state index in [1.54, 1.807) is 18.1 Å². The number of fused-ring (bicyclic) bond motifs is 1. The molecule has 1 aliphatic rings. The molecular formula is C20H23N5O2S. The molecular weight excluding hydrogens is 374 g/mol. The zero-order valence-corrected chi connectivity index (χ0v) is 16.4. The van der Waals surface area contributed by atoms with Gasteiger partial charge in [0.15, 0.2) is 11.5 Å². The first kappa shape index (κ1) is 18.7. The third kappa shape index (κ3) is 3.82. The summed E-state index contributed by atoms with van der Waals surface area (Å²) in [5, 5.41) is 0. The fraction of sp³-hybridized carbons (Fsp3) is 0.400. The summed E-state index contributed by atoms with van der Waals surface area (Å²) in [7, 11) is 0. The number of esters is 1. The number of aryl methyl sites for hydroxylation is 1. The topological polar surface area (TPSA) is 95.9 Å². The molecule has 2 heterocycles. The summed E-state index contributed by atoms with van der Waals surface area (Å²) in [6.07, 6.45) is 7.69. The molecule has 4 rings (SSSR count). The van der Waals surface area contributed by atoms with Gasteiger partial charge in [-0.05, 0) is 31.4 Å². The molecule has 1 aliphatic carbocycles. The molecule has 0 unspecified atom stereocenters.